The molecular formula is C28H21N3O6. The molecule has 3 aromatic rings. The summed E-state index contributed by atoms with van der Waals surface area (Å²) in [5.74, 6) is -1.93. The van der Waals surface area contributed by atoms with Crippen LogP contribution >= 0.6 is 0 Å². The van der Waals surface area contributed by atoms with E-state index in [-0.39, 0.29) is 18.7 Å². The Bertz CT molecular complexity index is 1460. The molecule has 1 fully saturated rings. The molecule has 0 aromatic heterocycles. The summed E-state index contributed by atoms with van der Waals surface area (Å²) in [5.41, 5.74) is 2.14. The highest BCUT2D eigenvalue weighted by molar-refractivity contribution is 6.31. The lowest BCUT2D eigenvalue weighted by atomic mass is 10.0. The van der Waals surface area contributed by atoms with E-state index in [0.29, 0.717) is 28.0 Å². The van der Waals surface area contributed by atoms with Crippen LogP contribution < -0.4 is 10.1 Å². The molecule has 0 spiro atoms. The Labute approximate surface area is 211 Å². The summed E-state index contributed by atoms with van der Waals surface area (Å²) in [6, 6.07) is 19.6. The summed E-state index contributed by atoms with van der Waals surface area (Å²) in [4.78, 5) is 65.8. The molecule has 1 saturated heterocycles. The number of ether oxygens (including phenoxy) is 1. The minimum absolute atomic E-state index is 0.00370. The number of fused-ring (bicyclic) bond motifs is 1. The Balaban J connectivity index is 1.44. The molecular weight excluding hydrogens is 474 g/mol. The molecule has 2 heterocycles. The van der Waals surface area contributed by atoms with Gasteiger partial charge in [-0.1, -0.05) is 48.5 Å². The fourth-order valence-electron chi connectivity index (χ4n) is 4.34. The molecule has 1 N–H and O–H groups in total. The number of benzene rings is 3. The number of rotatable bonds is 6. The lowest BCUT2D eigenvalue weighted by molar-refractivity contribution is -0.130. The van der Waals surface area contributed by atoms with Gasteiger partial charge in [-0.05, 0) is 41.5 Å². The van der Waals surface area contributed by atoms with E-state index >= 15 is 0 Å². The van der Waals surface area contributed by atoms with Crippen LogP contribution in [0.15, 0.2) is 78.4 Å². The third-order valence-electron chi connectivity index (χ3n) is 6.19. The summed E-state index contributed by atoms with van der Waals surface area (Å²) in [7, 11) is 1.46. The Morgan fingerprint density at radius 2 is 1.41 bits per heavy atom. The van der Waals surface area contributed by atoms with Crippen molar-refractivity contribution in [3.8, 4) is 5.75 Å². The van der Waals surface area contributed by atoms with Gasteiger partial charge in [0.25, 0.3) is 23.6 Å². The highest BCUT2D eigenvalue weighted by atomic mass is 16.5. The zero-order valence-corrected chi connectivity index (χ0v) is 19.8. The van der Waals surface area contributed by atoms with Gasteiger partial charge in [-0.15, -0.1) is 0 Å². The zero-order valence-electron chi connectivity index (χ0n) is 19.8. The number of carbonyl (C=O) groups is 5. The van der Waals surface area contributed by atoms with E-state index < -0.39 is 29.7 Å². The zero-order chi connectivity index (χ0) is 26.1. The topological polar surface area (TPSA) is 113 Å². The van der Waals surface area contributed by atoms with Crippen molar-refractivity contribution in [1.29, 1.82) is 0 Å². The van der Waals surface area contributed by atoms with Crippen molar-refractivity contribution in [2.75, 3.05) is 7.11 Å². The van der Waals surface area contributed by atoms with E-state index in [1.165, 1.54) is 13.2 Å². The van der Waals surface area contributed by atoms with E-state index in [0.717, 1.165) is 15.4 Å². The van der Waals surface area contributed by atoms with Gasteiger partial charge in [0, 0.05) is 5.56 Å². The molecule has 5 rings (SSSR count). The molecule has 0 unspecified atom stereocenters. The molecule has 0 aliphatic carbocycles. The van der Waals surface area contributed by atoms with Gasteiger partial charge in [-0.3, -0.25) is 34.3 Å². The van der Waals surface area contributed by atoms with Gasteiger partial charge in [0.05, 0.1) is 31.3 Å². The first-order valence-corrected chi connectivity index (χ1v) is 11.4. The van der Waals surface area contributed by atoms with Gasteiger partial charge in [-0.2, -0.15) is 0 Å². The number of carbonyl (C=O) groups excluding carboxylic acids is 5. The molecule has 9 nitrogen and oxygen atoms in total. The quantitative estimate of drug-likeness (QED) is 0.319. The van der Waals surface area contributed by atoms with Crippen LogP contribution in [-0.2, 0) is 22.7 Å². The number of hydrogen-bond acceptors (Lipinski definition) is 6. The second-order valence-electron chi connectivity index (χ2n) is 8.51. The van der Waals surface area contributed by atoms with Crippen molar-refractivity contribution in [3.63, 3.8) is 0 Å². The number of amides is 6. The maximum atomic E-state index is 13.1. The number of urea groups is 1. The summed E-state index contributed by atoms with van der Waals surface area (Å²) in [5, 5.41) is 2.20. The summed E-state index contributed by atoms with van der Waals surface area (Å²) < 4.78 is 5.42. The predicted octanol–water partition coefficient (Wildman–Crippen LogP) is 3.15. The molecule has 37 heavy (non-hydrogen) atoms. The molecule has 0 bridgehead atoms. The van der Waals surface area contributed by atoms with Crippen molar-refractivity contribution in [1.82, 2.24) is 15.1 Å². The van der Waals surface area contributed by atoms with Crippen LogP contribution in [0.1, 0.15) is 37.4 Å². The first-order chi connectivity index (χ1) is 17.9. The van der Waals surface area contributed by atoms with Crippen molar-refractivity contribution in [3.05, 3.63) is 106 Å². The predicted molar refractivity (Wildman–Crippen MR) is 132 cm³/mol. The maximum Gasteiger partial charge on any atom is 0.331 e. The average molecular weight is 495 g/mol. The molecule has 3 aromatic carbocycles. The smallest absolute Gasteiger partial charge is 0.331 e. The van der Waals surface area contributed by atoms with Crippen LogP contribution in [0.2, 0.25) is 0 Å². The van der Waals surface area contributed by atoms with Crippen LogP contribution in [0.25, 0.3) is 6.08 Å². The van der Waals surface area contributed by atoms with E-state index in [9.17, 15) is 24.0 Å². The third kappa shape index (κ3) is 4.38. The van der Waals surface area contributed by atoms with E-state index in [1.807, 2.05) is 6.07 Å². The van der Waals surface area contributed by atoms with Crippen molar-refractivity contribution < 1.29 is 28.7 Å². The van der Waals surface area contributed by atoms with Gasteiger partial charge in [0.2, 0.25) is 0 Å². The van der Waals surface area contributed by atoms with E-state index in [2.05, 4.69) is 5.32 Å². The van der Waals surface area contributed by atoms with Crippen molar-refractivity contribution in [2.24, 2.45) is 0 Å². The van der Waals surface area contributed by atoms with Crippen molar-refractivity contribution >= 4 is 35.7 Å². The Morgan fingerprint density at radius 1 is 0.757 bits per heavy atom. The fourth-order valence-corrected chi connectivity index (χ4v) is 4.34. The van der Waals surface area contributed by atoms with Gasteiger partial charge >= 0.3 is 6.03 Å². The lowest BCUT2D eigenvalue weighted by Crippen LogP contribution is -2.53. The van der Waals surface area contributed by atoms with Crippen LogP contribution in [-0.4, -0.2) is 46.6 Å². The number of imide groups is 3. The monoisotopic (exact) mass is 495 g/mol. The summed E-state index contributed by atoms with van der Waals surface area (Å²) >= 11 is 0. The van der Waals surface area contributed by atoms with Crippen LogP contribution in [0.3, 0.4) is 0 Å². The molecule has 6 amide bonds. The molecule has 9 heteroatoms. The Kier molecular flexibility index (Phi) is 6.10. The first kappa shape index (κ1) is 23.7. The highest BCUT2D eigenvalue weighted by Crippen LogP contribution is 2.29. The normalized spacial score (nSPS) is 16.4. The second-order valence-corrected chi connectivity index (χ2v) is 8.51. The average Bonchev–Trinajstić information content (AvgIpc) is 3.14. The number of hydrogen-bond donors (Lipinski definition) is 1. The van der Waals surface area contributed by atoms with Crippen LogP contribution in [0.5, 0.6) is 5.75 Å². The summed E-state index contributed by atoms with van der Waals surface area (Å²) in [6.45, 7) is -0.0605. The van der Waals surface area contributed by atoms with Crippen molar-refractivity contribution in [2.45, 2.75) is 13.1 Å². The molecule has 0 saturated carbocycles. The number of barbiturate groups is 1. The minimum Gasteiger partial charge on any atom is -0.496 e. The van der Waals surface area contributed by atoms with Gasteiger partial charge in [0.15, 0.2) is 0 Å². The van der Waals surface area contributed by atoms with Crippen LogP contribution in [0.4, 0.5) is 4.79 Å². The second kappa shape index (κ2) is 9.54. The molecule has 2 aliphatic rings. The van der Waals surface area contributed by atoms with E-state index in [1.54, 1.807) is 66.7 Å². The SMILES string of the molecule is COc1ccc(/C=C2/C(=O)NC(=O)N(Cc3ccccc3)C2=O)cc1CN1C(=O)c2ccccc2C1=O. The highest BCUT2D eigenvalue weighted by Gasteiger charge is 2.37. The maximum absolute atomic E-state index is 13.1. The fraction of sp³-hybridized carbons (Fsp3) is 0.107. The largest absolute Gasteiger partial charge is 0.496 e. The van der Waals surface area contributed by atoms with Gasteiger partial charge in [0.1, 0.15) is 11.3 Å². The molecule has 2 aliphatic heterocycles. The Hall–Kier alpha value is -5.05. The van der Waals surface area contributed by atoms with Gasteiger partial charge in [-0.25, -0.2) is 4.79 Å². The minimum atomic E-state index is -0.808. The third-order valence-corrected chi connectivity index (χ3v) is 6.19. The number of nitrogens with zero attached hydrogens (tertiary/aromatic N) is 2. The molecule has 184 valence electrons. The molecule has 0 radical (unpaired) electrons. The number of methoxy groups -OCH3 is 1. The van der Waals surface area contributed by atoms with Crippen LogP contribution in [0, 0.1) is 0 Å². The lowest BCUT2D eigenvalue weighted by Gasteiger charge is -2.26. The summed E-state index contributed by atoms with van der Waals surface area (Å²) in [6.07, 6.45) is 1.37. The standard InChI is InChI=1S/C28H21N3O6/c1-37-23-12-11-18(13-19(23)16-30-25(33)20-9-5-6-10-21(20)26(30)34)14-22-24(32)29-28(36)31(27(22)35)15-17-7-3-2-4-8-17/h2-14H,15-16H2,1H3,(H,29,32,36)/b22-14-. The number of nitrogens with one attached hydrogen (secondary N) is 1. The molecule has 0 atom stereocenters. The van der Waals surface area contributed by atoms with Gasteiger partial charge < -0.3 is 4.74 Å². The first-order valence-electron chi connectivity index (χ1n) is 11.4. The van der Waals surface area contributed by atoms with E-state index in [4.69, 9.17) is 4.74 Å². The Morgan fingerprint density at radius 3 is 2.05 bits per heavy atom.